The molecule has 0 bridgehead atoms. The molecule has 0 unspecified atom stereocenters. The van der Waals surface area contributed by atoms with Crippen LogP contribution in [-0.2, 0) is 14.3 Å². The molecule has 0 rings (SSSR count). The van der Waals surface area contributed by atoms with E-state index in [1.807, 2.05) is 13.8 Å². The number of carbonyl (C=O) groups is 1. The molecule has 0 fully saturated rings. The number of hydrogen-bond donors (Lipinski definition) is 0. The van der Waals surface area contributed by atoms with Crippen molar-refractivity contribution in [1.82, 2.24) is 0 Å². The Bertz CT molecular complexity index is 153. The summed E-state index contributed by atoms with van der Waals surface area (Å²) in [4.78, 5) is 10.9. The molecule has 0 aromatic rings. The van der Waals surface area contributed by atoms with Gasteiger partial charge in [0.2, 0.25) is 0 Å². The Morgan fingerprint density at radius 2 is 1.50 bits per heavy atom. The summed E-state index contributed by atoms with van der Waals surface area (Å²) in [5.41, 5.74) is 0. The monoisotopic (exact) mass is 170 g/mol. The van der Waals surface area contributed by atoms with Gasteiger partial charge in [-0.15, -0.1) is 0 Å². The third kappa shape index (κ3) is 6.86. The number of ether oxygens (including phenoxy) is 2. The predicted molar refractivity (Wildman–Crippen MR) is 46.5 cm³/mol. The van der Waals surface area contributed by atoms with E-state index in [1.54, 1.807) is 0 Å². The zero-order chi connectivity index (χ0) is 9.23. The molecule has 3 nitrogen and oxygen atoms in total. The van der Waals surface area contributed by atoms with Crippen LogP contribution in [0.15, 0.2) is 24.7 Å². The van der Waals surface area contributed by atoms with Gasteiger partial charge in [-0.25, -0.2) is 0 Å². The summed E-state index contributed by atoms with van der Waals surface area (Å²) in [6.45, 7) is 4.84. The van der Waals surface area contributed by atoms with Crippen molar-refractivity contribution in [3.8, 4) is 0 Å². The molecule has 0 N–H and O–H groups in total. The molecule has 0 atom stereocenters. The molecular formula is C9H14O3. The first kappa shape index (κ1) is 10.8. The fourth-order valence-corrected chi connectivity index (χ4v) is 0.478. The van der Waals surface area contributed by atoms with Gasteiger partial charge in [0, 0.05) is 12.2 Å². The SMILES string of the molecule is CCOC=CC(=O)C=COCC. The van der Waals surface area contributed by atoms with E-state index in [-0.39, 0.29) is 5.78 Å². The van der Waals surface area contributed by atoms with E-state index in [0.29, 0.717) is 13.2 Å². The summed E-state index contributed by atoms with van der Waals surface area (Å²) in [6.07, 6.45) is 5.44. The molecule has 0 aliphatic carbocycles. The van der Waals surface area contributed by atoms with Crippen LogP contribution in [-0.4, -0.2) is 19.0 Å². The van der Waals surface area contributed by atoms with Crippen LogP contribution < -0.4 is 0 Å². The van der Waals surface area contributed by atoms with Crippen LogP contribution in [0.5, 0.6) is 0 Å². The smallest absolute Gasteiger partial charge is 0.184 e. The molecule has 68 valence electrons. The van der Waals surface area contributed by atoms with Crippen LogP contribution in [0, 0.1) is 0 Å². The minimum atomic E-state index is -0.142. The fourth-order valence-electron chi connectivity index (χ4n) is 0.478. The van der Waals surface area contributed by atoms with E-state index in [2.05, 4.69) is 0 Å². The third-order valence-corrected chi connectivity index (χ3v) is 0.990. The van der Waals surface area contributed by atoms with Gasteiger partial charge in [0.25, 0.3) is 0 Å². The van der Waals surface area contributed by atoms with Crippen LogP contribution in [0.3, 0.4) is 0 Å². The highest BCUT2D eigenvalue weighted by Gasteiger charge is 1.86. The van der Waals surface area contributed by atoms with Crippen molar-refractivity contribution < 1.29 is 14.3 Å². The topological polar surface area (TPSA) is 35.5 Å². The van der Waals surface area contributed by atoms with Gasteiger partial charge in [0.15, 0.2) is 5.78 Å². The highest BCUT2D eigenvalue weighted by atomic mass is 16.5. The van der Waals surface area contributed by atoms with Gasteiger partial charge in [0.1, 0.15) is 0 Å². The second-order valence-electron chi connectivity index (χ2n) is 1.92. The minimum absolute atomic E-state index is 0.142. The number of rotatable bonds is 6. The van der Waals surface area contributed by atoms with Crippen molar-refractivity contribution in [2.24, 2.45) is 0 Å². The van der Waals surface area contributed by atoms with E-state index in [9.17, 15) is 4.79 Å². The summed E-state index contributed by atoms with van der Waals surface area (Å²) in [5.74, 6) is -0.142. The molecule has 0 heterocycles. The van der Waals surface area contributed by atoms with Gasteiger partial charge in [-0.05, 0) is 13.8 Å². The highest BCUT2D eigenvalue weighted by molar-refractivity contribution is 5.98. The van der Waals surface area contributed by atoms with Crippen LogP contribution in [0.1, 0.15) is 13.8 Å². The van der Waals surface area contributed by atoms with E-state index < -0.39 is 0 Å². The van der Waals surface area contributed by atoms with Gasteiger partial charge < -0.3 is 9.47 Å². The molecule has 12 heavy (non-hydrogen) atoms. The van der Waals surface area contributed by atoms with Crippen molar-refractivity contribution >= 4 is 5.78 Å². The Labute approximate surface area is 72.7 Å². The van der Waals surface area contributed by atoms with Gasteiger partial charge >= 0.3 is 0 Å². The Balaban J connectivity index is 3.58. The van der Waals surface area contributed by atoms with Crippen molar-refractivity contribution in [3.05, 3.63) is 24.7 Å². The van der Waals surface area contributed by atoms with Crippen LogP contribution in [0.25, 0.3) is 0 Å². The lowest BCUT2D eigenvalue weighted by Gasteiger charge is -1.91. The van der Waals surface area contributed by atoms with Gasteiger partial charge in [-0.2, -0.15) is 0 Å². The average molecular weight is 170 g/mol. The summed E-state index contributed by atoms with van der Waals surface area (Å²) in [6, 6.07) is 0. The minimum Gasteiger partial charge on any atom is -0.501 e. The lowest BCUT2D eigenvalue weighted by molar-refractivity contribution is -0.110. The largest absolute Gasteiger partial charge is 0.501 e. The van der Waals surface area contributed by atoms with Gasteiger partial charge in [0.05, 0.1) is 25.7 Å². The van der Waals surface area contributed by atoms with E-state index in [0.717, 1.165) is 0 Å². The maximum atomic E-state index is 10.9. The molecule has 0 aliphatic rings. The highest BCUT2D eigenvalue weighted by Crippen LogP contribution is 1.84. The molecule has 0 amide bonds. The maximum Gasteiger partial charge on any atom is 0.184 e. The Morgan fingerprint density at radius 1 is 1.08 bits per heavy atom. The fraction of sp³-hybridized carbons (Fsp3) is 0.444. The summed E-state index contributed by atoms with van der Waals surface area (Å²) in [7, 11) is 0. The predicted octanol–water partition coefficient (Wildman–Crippen LogP) is 1.66. The van der Waals surface area contributed by atoms with Crippen molar-refractivity contribution in [1.29, 1.82) is 0 Å². The normalized spacial score (nSPS) is 10.8. The molecule has 0 saturated carbocycles. The molecular weight excluding hydrogens is 156 g/mol. The van der Waals surface area contributed by atoms with Crippen LogP contribution >= 0.6 is 0 Å². The Morgan fingerprint density at radius 3 is 1.83 bits per heavy atom. The number of allylic oxidation sites excluding steroid dienone is 2. The quantitative estimate of drug-likeness (QED) is 0.449. The molecule has 0 aromatic heterocycles. The number of ketones is 1. The first-order valence-electron chi connectivity index (χ1n) is 3.91. The summed E-state index contributed by atoms with van der Waals surface area (Å²) < 4.78 is 9.67. The summed E-state index contributed by atoms with van der Waals surface area (Å²) >= 11 is 0. The molecule has 3 heteroatoms. The lowest BCUT2D eigenvalue weighted by Crippen LogP contribution is -1.88. The lowest BCUT2D eigenvalue weighted by atomic mass is 10.4. The zero-order valence-electron chi connectivity index (χ0n) is 7.45. The number of carbonyl (C=O) groups excluding carboxylic acids is 1. The van der Waals surface area contributed by atoms with Crippen LogP contribution in [0.2, 0.25) is 0 Å². The van der Waals surface area contributed by atoms with Gasteiger partial charge in [-0.1, -0.05) is 0 Å². The van der Waals surface area contributed by atoms with E-state index in [1.165, 1.54) is 24.7 Å². The van der Waals surface area contributed by atoms with Crippen molar-refractivity contribution in [2.75, 3.05) is 13.2 Å². The Kier molecular flexibility index (Phi) is 7.03. The second-order valence-corrected chi connectivity index (χ2v) is 1.92. The molecule has 0 radical (unpaired) electrons. The number of hydrogen-bond acceptors (Lipinski definition) is 3. The summed E-state index contributed by atoms with van der Waals surface area (Å²) in [5, 5.41) is 0. The third-order valence-electron chi connectivity index (χ3n) is 0.990. The first-order chi connectivity index (χ1) is 5.81. The van der Waals surface area contributed by atoms with E-state index >= 15 is 0 Å². The van der Waals surface area contributed by atoms with Crippen LogP contribution in [0.4, 0.5) is 0 Å². The molecule has 0 aromatic carbocycles. The van der Waals surface area contributed by atoms with Gasteiger partial charge in [-0.3, -0.25) is 4.79 Å². The molecule has 0 spiro atoms. The maximum absolute atomic E-state index is 10.9. The second kappa shape index (κ2) is 7.85. The molecule has 0 aliphatic heterocycles. The average Bonchev–Trinajstić information content (AvgIpc) is 2.06. The standard InChI is InChI=1S/C9H14O3/c1-3-11-7-5-9(10)6-8-12-4-2/h5-8H,3-4H2,1-2H3. The molecule has 0 saturated heterocycles. The van der Waals surface area contributed by atoms with Crippen molar-refractivity contribution in [2.45, 2.75) is 13.8 Å². The zero-order valence-corrected chi connectivity index (χ0v) is 7.45. The van der Waals surface area contributed by atoms with E-state index in [4.69, 9.17) is 9.47 Å². The first-order valence-corrected chi connectivity index (χ1v) is 3.91. The Hall–Kier alpha value is -1.25. The van der Waals surface area contributed by atoms with Crippen molar-refractivity contribution in [3.63, 3.8) is 0 Å².